The smallest absolute Gasteiger partial charge is 0.187 e. The van der Waals surface area contributed by atoms with Crippen molar-refractivity contribution < 1.29 is 54.4 Å². The molecule has 2 saturated heterocycles. The molecule has 250 valence electrons. The molecule has 0 unspecified atom stereocenters. The Morgan fingerprint density at radius 1 is 0.909 bits per heavy atom. The standard InChI is InChI=1S/C33H52O11/c1-8-31(5)11-9-18-17(13-31)19(35)14-33(7)30(3,4)21(10-12-32(18,33)6)43-29-27(25(39)23(37)20(15-34)42-29)44-28-26(40)24(38)22(36)16(2)41-28/h8,13,16,18,20-29,34,36-40H,1,9-12,14-15H2,2-7H3/t16-,18-,20+,21-,22-,23+,24+,25-,26+,27+,28-,29-,31-,32+,33-/m0/s1. The van der Waals surface area contributed by atoms with Crippen molar-refractivity contribution in [3.8, 4) is 0 Å². The lowest BCUT2D eigenvalue weighted by Gasteiger charge is -2.67. The summed E-state index contributed by atoms with van der Waals surface area (Å²) in [6.07, 6.45) is -6.76. The molecule has 5 rings (SSSR count). The van der Waals surface area contributed by atoms with E-state index < -0.39 is 85.0 Å². The first-order valence-electron chi connectivity index (χ1n) is 16.0. The fraction of sp³-hybridized carbons (Fsp3) is 0.848. The normalized spacial score (nSPS) is 52.5. The minimum Gasteiger partial charge on any atom is -0.394 e. The zero-order chi connectivity index (χ0) is 32.6. The van der Waals surface area contributed by atoms with Crippen LogP contribution in [0, 0.1) is 27.6 Å². The fourth-order valence-corrected chi connectivity index (χ4v) is 8.80. The Hall–Kier alpha value is -1.25. The molecular weight excluding hydrogens is 572 g/mol. The average molecular weight is 625 g/mol. The first-order valence-corrected chi connectivity index (χ1v) is 16.0. The van der Waals surface area contributed by atoms with Gasteiger partial charge in [-0.05, 0) is 60.3 Å². The summed E-state index contributed by atoms with van der Waals surface area (Å²) < 4.78 is 24.1. The Balaban J connectivity index is 1.43. The quantitative estimate of drug-likeness (QED) is 0.186. The van der Waals surface area contributed by atoms with Crippen molar-refractivity contribution in [2.45, 2.75) is 141 Å². The third-order valence-electron chi connectivity index (χ3n) is 12.5. The second kappa shape index (κ2) is 11.8. The minimum atomic E-state index is -1.65. The number of ketones is 1. The number of aliphatic hydroxyl groups excluding tert-OH is 6. The zero-order valence-electron chi connectivity index (χ0n) is 26.8. The molecule has 3 aliphatic carbocycles. The summed E-state index contributed by atoms with van der Waals surface area (Å²) in [7, 11) is 0. The molecular formula is C33H52O11. The van der Waals surface area contributed by atoms with Gasteiger partial charge in [0, 0.05) is 11.8 Å². The van der Waals surface area contributed by atoms with Crippen LogP contribution in [0.25, 0.3) is 0 Å². The molecule has 2 saturated carbocycles. The number of carbonyl (C=O) groups is 1. The van der Waals surface area contributed by atoms with Crippen LogP contribution in [0.3, 0.4) is 0 Å². The molecule has 4 fully saturated rings. The first-order chi connectivity index (χ1) is 20.4. The molecule has 0 bridgehead atoms. The summed E-state index contributed by atoms with van der Waals surface area (Å²) in [5.41, 5.74) is -0.529. The number of hydrogen-bond donors (Lipinski definition) is 6. The van der Waals surface area contributed by atoms with Gasteiger partial charge < -0.3 is 49.6 Å². The Morgan fingerprint density at radius 2 is 1.59 bits per heavy atom. The van der Waals surface area contributed by atoms with Gasteiger partial charge in [0.1, 0.15) is 42.7 Å². The van der Waals surface area contributed by atoms with Crippen LogP contribution in [0.15, 0.2) is 24.3 Å². The summed E-state index contributed by atoms with van der Waals surface area (Å²) in [6.45, 7) is 15.7. The van der Waals surface area contributed by atoms with Gasteiger partial charge in [-0.15, -0.1) is 6.58 Å². The van der Waals surface area contributed by atoms with Gasteiger partial charge in [0.2, 0.25) is 0 Å². The maximum atomic E-state index is 13.8. The number of fused-ring (bicyclic) bond motifs is 3. The maximum Gasteiger partial charge on any atom is 0.187 e. The van der Waals surface area contributed by atoms with Gasteiger partial charge in [-0.1, -0.05) is 46.8 Å². The maximum absolute atomic E-state index is 13.8. The fourth-order valence-electron chi connectivity index (χ4n) is 8.80. The van der Waals surface area contributed by atoms with E-state index in [9.17, 15) is 35.4 Å². The van der Waals surface area contributed by atoms with Crippen LogP contribution in [0.5, 0.6) is 0 Å². The van der Waals surface area contributed by atoms with E-state index in [2.05, 4.69) is 47.3 Å². The van der Waals surface area contributed by atoms with Gasteiger partial charge in [-0.3, -0.25) is 4.79 Å². The lowest BCUT2D eigenvalue weighted by molar-refractivity contribution is -0.377. The Bertz CT molecular complexity index is 1140. The second-order valence-electron chi connectivity index (χ2n) is 15.1. The van der Waals surface area contributed by atoms with Crippen molar-refractivity contribution >= 4 is 5.78 Å². The van der Waals surface area contributed by atoms with E-state index in [-0.39, 0.29) is 22.5 Å². The summed E-state index contributed by atoms with van der Waals surface area (Å²) in [4.78, 5) is 13.8. The van der Waals surface area contributed by atoms with Crippen LogP contribution >= 0.6 is 0 Å². The van der Waals surface area contributed by atoms with Gasteiger partial charge in [-0.25, -0.2) is 0 Å². The van der Waals surface area contributed by atoms with E-state index in [4.69, 9.17) is 18.9 Å². The monoisotopic (exact) mass is 624 g/mol. The lowest BCUT2D eigenvalue weighted by atomic mass is 9.38. The third kappa shape index (κ3) is 5.16. The average Bonchev–Trinajstić information content (AvgIpc) is 2.98. The molecule has 2 heterocycles. The van der Waals surface area contributed by atoms with Gasteiger partial charge >= 0.3 is 0 Å². The number of rotatable bonds is 6. The Kier molecular flexibility index (Phi) is 9.12. The summed E-state index contributed by atoms with van der Waals surface area (Å²) in [6, 6.07) is 0. The van der Waals surface area contributed by atoms with Crippen LogP contribution in [-0.4, -0.2) is 111 Å². The first kappa shape index (κ1) is 34.1. The predicted molar refractivity (Wildman–Crippen MR) is 158 cm³/mol. The van der Waals surface area contributed by atoms with Crippen molar-refractivity contribution in [3.63, 3.8) is 0 Å². The molecule has 44 heavy (non-hydrogen) atoms. The molecule has 2 aliphatic heterocycles. The highest BCUT2D eigenvalue weighted by molar-refractivity contribution is 5.98. The Morgan fingerprint density at radius 3 is 2.23 bits per heavy atom. The molecule has 0 aromatic carbocycles. The Labute approximate surface area is 259 Å². The third-order valence-corrected chi connectivity index (χ3v) is 12.5. The van der Waals surface area contributed by atoms with E-state index in [1.807, 2.05) is 6.08 Å². The molecule has 0 amide bonds. The number of Topliss-reactive ketones (excluding diaryl/α,β-unsaturated/α-hetero) is 1. The molecule has 15 atom stereocenters. The highest BCUT2D eigenvalue weighted by Crippen LogP contribution is 2.70. The summed E-state index contributed by atoms with van der Waals surface area (Å²) in [5.74, 6) is 0.247. The van der Waals surface area contributed by atoms with Crippen LogP contribution in [0.4, 0.5) is 0 Å². The second-order valence-corrected chi connectivity index (χ2v) is 15.1. The van der Waals surface area contributed by atoms with Crippen molar-refractivity contribution in [3.05, 3.63) is 24.3 Å². The highest BCUT2D eigenvalue weighted by Gasteiger charge is 2.67. The van der Waals surface area contributed by atoms with Gasteiger partial charge in [0.05, 0.1) is 18.8 Å². The zero-order valence-corrected chi connectivity index (χ0v) is 26.8. The molecule has 11 nitrogen and oxygen atoms in total. The van der Waals surface area contributed by atoms with Gasteiger partial charge in [0.25, 0.3) is 0 Å². The molecule has 0 aromatic heterocycles. The number of ether oxygens (including phenoxy) is 4. The molecule has 6 N–H and O–H groups in total. The largest absolute Gasteiger partial charge is 0.394 e. The summed E-state index contributed by atoms with van der Waals surface area (Å²) >= 11 is 0. The molecule has 0 radical (unpaired) electrons. The van der Waals surface area contributed by atoms with E-state index in [0.29, 0.717) is 12.8 Å². The van der Waals surface area contributed by atoms with Gasteiger partial charge in [-0.2, -0.15) is 0 Å². The molecule has 11 heteroatoms. The van der Waals surface area contributed by atoms with Crippen molar-refractivity contribution in [2.75, 3.05) is 6.61 Å². The van der Waals surface area contributed by atoms with Crippen LogP contribution in [0.2, 0.25) is 0 Å². The molecule has 0 aromatic rings. The minimum absolute atomic E-state index is 0.105. The van der Waals surface area contributed by atoms with E-state index in [0.717, 1.165) is 24.8 Å². The van der Waals surface area contributed by atoms with E-state index in [1.54, 1.807) is 0 Å². The van der Waals surface area contributed by atoms with Crippen molar-refractivity contribution in [1.29, 1.82) is 0 Å². The topological polar surface area (TPSA) is 175 Å². The number of allylic oxidation sites excluding steroid dienone is 3. The van der Waals surface area contributed by atoms with Crippen molar-refractivity contribution in [1.82, 2.24) is 0 Å². The summed E-state index contributed by atoms with van der Waals surface area (Å²) in [5, 5.41) is 62.7. The molecule has 5 aliphatic rings. The van der Waals surface area contributed by atoms with Crippen LogP contribution in [0.1, 0.15) is 73.6 Å². The number of aliphatic hydroxyl groups is 6. The molecule has 0 spiro atoms. The predicted octanol–water partition coefficient (Wildman–Crippen LogP) is 1.36. The van der Waals surface area contributed by atoms with E-state index >= 15 is 0 Å². The van der Waals surface area contributed by atoms with Crippen LogP contribution in [-0.2, 0) is 23.7 Å². The van der Waals surface area contributed by atoms with Gasteiger partial charge in [0.15, 0.2) is 18.4 Å². The van der Waals surface area contributed by atoms with Crippen LogP contribution < -0.4 is 0 Å². The van der Waals surface area contributed by atoms with Crippen molar-refractivity contribution in [2.24, 2.45) is 27.6 Å². The van der Waals surface area contributed by atoms with E-state index in [1.165, 1.54) is 6.92 Å². The SMILES string of the molecule is C=C[C@]1(C)C=C2C(=O)C[C@@]3(C)C(C)(C)[C@@H](O[C@@H]4O[C@H](CO)[C@@H](O)[C@H](O)[C@H]4O[C@@H]4O[C@@H](C)[C@H](O)[C@@H](O)[C@H]4O)CC[C@]3(C)[C@H]2CC1. The lowest BCUT2D eigenvalue weighted by Crippen LogP contribution is -2.67. The highest BCUT2D eigenvalue weighted by atomic mass is 16.8. The number of carbonyl (C=O) groups excluding carboxylic acids is 1. The number of hydrogen-bond acceptors (Lipinski definition) is 11.